The number of aryl methyl sites for hydroxylation is 3. The second kappa shape index (κ2) is 6.44. The van der Waals surface area contributed by atoms with Crippen LogP contribution < -0.4 is 4.90 Å². The van der Waals surface area contributed by atoms with Gasteiger partial charge < -0.3 is 4.90 Å². The monoisotopic (exact) mass is 373 g/mol. The lowest BCUT2D eigenvalue weighted by Gasteiger charge is -2.32. The van der Waals surface area contributed by atoms with E-state index in [1.165, 1.54) is 12.0 Å². The zero-order valence-electron chi connectivity index (χ0n) is 16.4. The fraction of sp³-hybridized carbons (Fsp3) is 0.333. The van der Waals surface area contributed by atoms with Gasteiger partial charge in [-0.1, -0.05) is 31.2 Å². The molecule has 0 atom stereocenters. The van der Waals surface area contributed by atoms with Gasteiger partial charge in [-0.25, -0.2) is 14.6 Å². The standard InChI is InChI=1S/C21H23N7/c1-4-15-6-8-16(9-7-15)19-17(12-24-26(19)3)28-20-18(14(2)25-28)22-13-23-21(20)27-10-5-11-27/h6-9,12-13H,4-5,10-11H2,1-3H3. The van der Waals surface area contributed by atoms with E-state index in [0.717, 1.165) is 59.0 Å². The lowest BCUT2D eigenvalue weighted by Crippen LogP contribution is -2.38. The number of anilines is 1. The van der Waals surface area contributed by atoms with Gasteiger partial charge >= 0.3 is 0 Å². The van der Waals surface area contributed by atoms with E-state index in [1.807, 2.05) is 29.5 Å². The highest BCUT2D eigenvalue weighted by atomic mass is 15.4. The molecule has 0 radical (unpaired) electrons. The van der Waals surface area contributed by atoms with Gasteiger partial charge in [-0.2, -0.15) is 10.2 Å². The highest BCUT2D eigenvalue weighted by Crippen LogP contribution is 2.33. The smallest absolute Gasteiger partial charge is 0.158 e. The number of aromatic nitrogens is 6. The van der Waals surface area contributed by atoms with Crippen LogP contribution in [0.3, 0.4) is 0 Å². The molecule has 7 nitrogen and oxygen atoms in total. The summed E-state index contributed by atoms with van der Waals surface area (Å²) in [6.07, 6.45) is 5.74. The van der Waals surface area contributed by atoms with Gasteiger partial charge in [0.2, 0.25) is 0 Å². The van der Waals surface area contributed by atoms with Crippen molar-refractivity contribution in [2.45, 2.75) is 26.7 Å². The van der Waals surface area contributed by atoms with E-state index in [4.69, 9.17) is 5.10 Å². The molecule has 0 N–H and O–H groups in total. The van der Waals surface area contributed by atoms with Crippen molar-refractivity contribution in [2.75, 3.05) is 18.0 Å². The van der Waals surface area contributed by atoms with Gasteiger partial charge in [0.15, 0.2) is 5.82 Å². The van der Waals surface area contributed by atoms with Crippen molar-refractivity contribution in [3.8, 4) is 16.9 Å². The van der Waals surface area contributed by atoms with Crippen molar-refractivity contribution in [2.24, 2.45) is 7.05 Å². The van der Waals surface area contributed by atoms with E-state index in [9.17, 15) is 0 Å². The number of benzene rings is 1. The van der Waals surface area contributed by atoms with Crippen molar-refractivity contribution in [3.63, 3.8) is 0 Å². The Morgan fingerprint density at radius 1 is 1.07 bits per heavy atom. The normalized spacial score (nSPS) is 13.9. The summed E-state index contributed by atoms with van der Waals surface area (Å²) in [5, 5.41) is 9.37. The minimum atomic E-state index is 0.896. The Morgan fingerprint density at radius 2 is 1.86 bits per heavy atom. The number of nitrogens with zero attached hydrogens (tertiary/aromatic N) is 7. The molecule has 0 amide bonds. The molecule has 0 spiro atoms. The largest absolute Gasteiger partial charge is 0.355 e. The van der Waals surface area contributed by atoms with E-state index in [-0.39, 0.29) is 0 Å². The number of hydrogen-bond acceptors (Lipinski definition) is 5. The Balaban J connectivity index is 1.73. The Labute approximate surface area is 163 Å². The molecule has 4 aromatic rings. The maximum absolute atomic E-state index is 4.83. The lowest BCUT2D eigenvalue weighted by atomic mass is 10.1. The van der Waals surface area contributed by atoms with Crippen molar-refractivity contribution in [3.05, 3.63) is 48.0 Å². The molecule has 28 heavy (non-hydrogen) atoms. The van der Waals surface area contributed by atoms with Crippen LogP contribution in [0.1, 0.15) is 24.6 Å². The fourth-order valence-electron chi connectivity index (χ4n) is 3.82. The molecule has 1 aliphatic rings. The maximum atomic E-state index is 4.83. The van der Waals surface area contributed by atoms with Crippen LogP contribution in [0, 0.1) is 6.92 Å². The van der Waals surface area contributed by atoms with Gasteiger partial charge in [0.1, 0.15) is 23.0 Å². The highest BCUT2D eigenvalue weighted by Gasteiger charge is 2.25. The SMILES string of the molecule is CCc1ccc(-c2c(-n3nc(C)c4ncnc(N5CCC5)c43)cnn2C)cc1. The third-order valence-corrected chi connectivity index (χ3v) is 5.55. The minimum Gasteiger partial charge on any atom is -0.355 e. The van der Waals surface area contributed by atoms with Crippen molar-refractivity contribution >= 4 is 16.9 Å². The third kappa shape index (κ3) is 2.50. The topological polar surface area (TPSA) is 64.7 Å². The zero-order chi connectivity index (χ0) is 19.3. The molecule has 142 valence electrons. The maximum Gasteiger partial charge on any atom is 0.158 e. The second-order valence-corrected chi connectivity index (χ2v) is 7.28. The van der Waals surface area contributed by atoms with Crippen molar-refractivity contribution in [1.82, 2.24) is 29.5 Å². The van der Waals surface area contributed by atoms with Crippen LogP contribution in [0.4, 0.5) is 5.82 Å². The molecule has 1 saturated heterocycles. The predicted molar refractivity (Wildman–Crippen MR) is 110 cm³/mol. The number of rotatable bonds is 4. The molecule has 1 aromatic carbocycles. The molecule has 7 heteroatoms. The first-order valence-corrected chi connectivity index (χ1v) is 9.74. The van der Waals surface area contributed by atoms with E-state index in [0.29, 0.717) is 0 Å². The molecule has 1 aliphatic heterocycles. The summed E-state index contributed by atoms with van der Waals surface area (Å²) in [6, 6.07) is 8.66. The third-order valence-electron chi connectivity index (χ3n) is 5.55. The zero-order valence-corrected chi connectivity index (χ0v) is 16.4. The molecule has 4 heterocycles. The van der Waals surface area contributed by atoms with Gasteiger partial charge in [-0.05, 0) is 25.3 Å². The Hall–Kier alpha value is -3.22. The summed E-state index contributed by atoms with van der Waals surface area (Å²) in [7, 11) is 1.97. The average molecular weight is 373 g/mol. The van der Waals surface area contributed by atoms with Crippen molar-refractivity contribution in [1.29, 1.82) is 0 Å². The van der Waals surface area contributed by atoms with Gasteiger partial charge in [-0.15, -0.1) is 0 Å². The Bertz CT molecular complexity index is 1150. The Morgan fingerprint density at radius 3 is 2.54 bits per heavy atom. The second-order valence-electron chi connectivity index (χ2n) is 7.28. The molecular formula is C21H23N7. The first kappa shape index (κ1) is 16.9. The minimum absolute atomic E-state index is 0.896. The summed E-state index contributed by atoms with van der Waals surface area (Å²) >= 11 is 0. The molecule has 0 aliphatic carbocycles. The average Bonchev–Trinajstić information content (AvgIpc) is 3.21. The Kier molecular flexibility index (Phi) is 3.89. The van der Waals surface area contributed by atoms with E-state index >= 15 is 0 Å². The van der Waals surface area contributed by atoms with Crippen LogP contribution in [0.2, 0.25) is 0 Å². The summed E-state index contributed by atoms with van der Waals surface area (Å²) in [5.41, 5.74) is 7.17. The number of hydrogen-bond donors (Lipinski definition) is 0. The van der Waals surface area contributed by atoms with Crippen LogP contribution in [0.25, 0.3) is 28.0 Å². The van der Waals surface area contributed by atoms with Crippen LogP contribution in [0.5, 0.6) is 0 Å². The van der Waals surface area contributed by atoms with Crippen LogP contribution in [-0.2, 0) is 13.5 Å². The summed E-state index contributed by atoms with van der Waals surface area (Å²) in [6.45, 7) is 6.21. The van der Waals surface area contributed by atoms with E-state index < -0.39 is 0 Å². The molecule has 0 bridgehead atoms. The molecule has 3 aromatic heterocycles. The summed E-state index contributed by atoms with van der Waals surface area (Å²) < 4.78 is 3.88. The summed E-state index contributed by atoms with van der Waals surface area (Å²) in [5.74, 6) is 0.952. The molecule has 0 saturated carbocycles. The van der Waals surface area contributed by atoms with Crippen LogP contribution in [0.15, 0.2) is 36.8 Å². The predicted octanol–water partition coefficient (Wildman–Crippen LogP) is 3.30. The van der Waals surface area contributed by atoms with Gasteiger partial charge in [0.25, 0.3) is 0 Å². The highest BCUT2D eigenvalue weighted by molar-refractivity contribution is 5.90. The first-order chi connectivity index (χ1) is 13.7. The van der Waals surface area contributed by atoms with Crippen molar-refractivity contribution < 1.29 is 0 Å². The lowest BCUT2D eigenvalue weighted by molar-refractivity contribution is 0.610. The van der Waals surface area contributed by atoms with E-state index in [2.05, 4.69) is 51.2 Å². The molecule has 5 rings (SSSR count). The van der Waals surface area contributed by atoms with Crippen LogP contribution in [-0.4, -0.2) is 42.6 Å². The molecule has 1 fully saturated rings. The van der Waals surface area contributed by atoms with Gasteiger partial charge in [0.05, 0.1) is 17.6 Å². The van der Waals surface area contributed by atoms with Gasteiger partial charge in [-0.3, -0.25) is 4.68 Å². The first-order valence-electron chi connectivity index (χ1n) is 9.74. The van der Waals surface area contributed by atoms with Crippen LogP contribution >= 0.6 is 0 Å². The molecular weight excluding hydrogens is 350 g/mol. The molecule has 0 unspecified atom stereocenters. The van der Waals surface area contributed by atoms with E-state index in [1.54, 1.807) is 6.33 Å². The van der Waals surface area contributed by atoms with Gasteiger partial charge in [0, 0.05) is 25.7 Å². The number of fused-ring (bicyclic) bond motifs is 1. The fourth-order valence-corrected chi connectivity index (χ4v) is 3.82. The quantitative estimate of drug-likeness (QED) is 0.549. The summed E-state index contributed by atoms with van der Waals surface area (Å²) in [4.78, 5) is 11.4.